The number of para-hydroxylation sites is 1. The highest BCUT2D eigenvalue weighted by molar-refractivity contribution is 7.99. The van der Waals surface area contributed by atoms with E-state index in [9.17, 15) is 9.59 Å². The van der Waals surface area contributed by atoms with Crippen molar-refractivity contribution in [3.63, 3.8) is 0 Å². The molecule has 2 heterocycles. The maximum absolute atomic E-state index is 13.2. The van der Waals surface area contributed by atoms with Crippen LogP contribution in [0.5, 0.6) is 0 Å². The lowest BCUT2D eigenvalue weighted by Gasteiger charge is -2.32. The molecule has 1 unspecified atom stereocenters. The van der Waals surface area contributed by atoms with Crippen LogP contribution in [0.4, 0.5) is 0 Å². The van der Waals surface area contributed by atoms with Crippen LogP contribution in [0.1, 0.15) is 25.3 Å². The second-order valence-corrected chi connectivity index (χ2v) is 8.93. The minimum Gasteiger partial charge on any atom is -0.375 e. The van der Waals surface area contributed by atoms with Crippen molar-refractivity contribution in [1.29, 1.82) is 0 Å². The second-order valence-electron chi connectivity index (χ2n) is 7.99. The molecule has 1 fully saturated rings. The first-order chi connectivity index (χ1) is 15.7. The van der Waals surface area contributed by atoms with Crippen molar-refractivity contribution in [1.82, 2.24) is 14.5 Å². The van der Waals surface area contributed by atoms with Gasteiger partial charge in [-0.15, -0.1) is 0 Å². The molecule has 0 radical (unpaired) electrons. The van der Waals surface area contributed by atoms with Gasteiger partial charge in [0.05, 0.1) is 29.4 Å². The van der Waals surface area contributed by atoms with E-state index in [0.717, 1.165) is 19.3 Å². The Bertz CT molecular complexity index is 1120. The molecule has 3 aromatic rings. The maximum atomic E-state index is 13.2. The van der Waals surface area contributed by atoms with Gasteiger partial charge in [0.15, 0.2) is 5.16 Å². The summed E-state index contributed by atoms with van der Waals surface area (Å²) >= 11 is 1.35. The van der Waals surface area contributed by atoms with Crippen molar-refractivity contribution in [3.8, 4) is 0 Å². The standard InChI is InChI=1S/C25H29N3O3S/c1-2-20-17-27(15-16-31-20)23(29)18-32-25-26-22-13-7-6-12-21(22)24(30)28(25)14-8-11-19-9-4-3-5-10-19/h3-7,9-10,12-13,20H,2,8,11,14-18H2,1H3. The van der Waals surface area contributed by atoms with E-state index in [1.54, 1.807) is 4.57 Å². The molecular formula is C25H29N3O3S. The highest BCUT2D eigenvalue weighted by Crippen LogP contribution is 2.20. The molecule has 1 aliphatic rings. The Labute approximate surface area is 192 Å². The van der Waals surface area contributed by atoms with Crippen LogP contribution in [-0.2, 0) is 22.5 Å². The van der Waals surface area contributed by atoms with Crippen molar-refractivity contribution >= 4 is 28.6 Å². The van der Waals surface area contributed by atoms with E-state index in [0.29, 0.717) is 42.3 Å². The number of amides is 1. The lowest BCUT2D eigenvalue weighted by atomic mass is 10.1. The van der Waals surface area contributed by atoms with Crippen LogP contribution >= 0.6 is 11.8 Å². The molecule has 1 aliphatic heterocycles. The number of nitrogens with zero attached hydrogens (tertiary/aromatic N) is 3. The van der Waals surface area contributed by atoms with Crippen molar-refractivity contribution in [2.45, 2.75) is 44.0 Å². The molecule has 0 saturated carbocycles. The first-order valence-corrected chi connectivity index (χ1v) is 12.2. The van der Waals surface area contributed by atoms with Gasteiger partial charge in [-0.25, -0.2) is 4.98 Å². The molecule has 32 heavy (non-hydrogen) atoms. The van der Waals surface area contributed by atoms with E-state index in [-0.39, 0.29) is 23.3 Å². The first kappa shape index (κ1) is 22.6. The van der Waals surface area contributed by atoms with Crippen LogP contribution in [0, 0.1) is 0 Å². The lowest BCUT2D eigenvalue weighted by molar-refractivity contribution is -0.135. The van der Waals surface area contributed by atoms with Crippen molar-refractivity contribution in [3.05, 3.63) is 70.5 Å². The van der Waals surface area contributed by atoms with Crippen LogP contribution in [-0.4, -0.2) is 51.9 Å². The fourth-order valence-corrected chi connectivity index (χ4v) is 4.88. The summed E-state index contributed by atoms with van der Waals surface area (Å²) in [5, 5.41) is 1.22. The number of fused-ring (bicyclic) bond motifs is 1. The average molecular weight is 452 g/mol. The highest BCUT2D eigenvalue weighted by Gasteiger charge is 2.23. The number of ether oxygens (including phenoxy) is 1. The van der Waals surface area contributed by atoms with Crippen molar-refractivity contribution < 1.29 is 9.53 Å². The Morgan fingerprint density at radius 2 is 1.94 bits per heavy atom. The zero-order chi connectivity index (χ0) is 22.3. The summed E-state index contributed by atoms with van der Waals surface area (Å²) in [7, 11) is 0. The number of morpholine rings is 1. The quantitative estimate of drug-likeness (QED) is 0.385. The summed E-state index contributed by atoms with van der Waals surface area (Å²) in [6, 6.07) is 17.7. The molecule has 1 saturated heterocycles. The van der Waals surface area contributed by atoms with E-state index in [4.69, 9.17) is 9.72 Å². The van der Waals surface area contributed by atoms with Gasteiger partial charge in [-0.05, 0) is 37.0 Å². The Balaban J connectivity index is 1.50. The molecule has 0 spiro atoms. The molecular weight excluding hydrogens is 422 g/mol. The van der Waals surface area contributed by atoms with Gasteiger partial charge in [0.2, 0.25) is 5.91 Å². The third-order valence-electron chi connectivity index (χ3n) is 5.79. The van der Waals surface area contributed by atoms with E-state index in [1.807, 2.05) is 47.4 Å². The Kier molecular flexibility index (Phi) is 7.60. The fourth-order valence-electron chi connectivity index (χ4n) is 3.95. The SMILES string of the molecule is CCC1CN(C(=O)CSc2nc3ccccc3c(=O)n2CCCc2ccccc2)CCO1. The molecule has 0 aliphatic carbocycles. The topological polar surface area (TPSA) is 64.4 Å². The predicted octanol–water partition coefficient (Wildman–Crippen LogP) is 3.76. The molecule has 6 nitrogen and oxygen atoms in total. The maximum Gasteiger partial charge on any atom is 0.262 e. The summed E-state index contributed by atoms with van der Waals surface area (Å²) in [5.74, 6) is 0.329. The van der Waals surface area contributed by atoms with Gasteiger partial charge in [0.25, 0.3) is 5.56 Å². The van der Waals surface area contributed by atoms with Crippen LogP contribution in [0.2, 0.25) is 0 Å². The number of carbonyl (C=O) groups is 1. The molecule has 4 rings (SSSR count). The van der Waals surface area contributed by atoms with Gasteiger partial charge in [-0.2, -0.15) is 0 Å². The van der Waals surface area contributed by atoms with Gasteiger partial charge in [0.1, 0.15) is 0 Å². The number of aryl methyl sites for hydroxylation is 1. The average Bonchev–Trinajstić information content (AvgIpc) is 2.84. The molecule has 1 aromatic heterocycles. The van der Waals surface area contributed by atoms with E-state index in [1.165, 1.54) is 17.3 Å². The largest absolute Gasteiger partial charge is 0.375 e. The number of aromatic nitrogens is 2. The third kappa shape index (κ3) is 5.40. The van der Waals surface area contributed by atoms with Crippen molar-refractivity contribution in [2.24, 2.45) is 0 Å². The predicted molar refractivity (Wildman–Crippen MR) is 128 cm³/mol. The molecule has 1 atom stereocenters. The normalized spacial score (nSPS) is 16.4. The van der Waals surface area contributed by atoms with Crippen molar-refractivity contribution in [2.75, 3.05) is 25.4 Å². The van der Waals surface area contributed by atoms with Crippen LogP contribution in [0.15, 0.2) is 64.5 Å². The van der Waals surface area contributed by atoms with Crippen LogP contribution < -0.4 is 5.56 Å². The Hall–Kier alpha value is -2.64. The number of thioether (sulfide) groups is 1. The summed E-state index contributed by atoms with van der Waals surface area (Å²) in [5.41, 5.74) is 1.87. The summed E-state index contributed by atoms with van der Waals surface area (Å²) in [4.78, 5) is 32.6. The molecule has 2 aromatic carbocycles. The highest BCUT2D eigenvalue weighted by atomic mass is 32.2. The fraction of sp³-hybridized carbons (Fsp3) is 0.400. The zero-order valence-electron chi connectivity index (χ0n) is 18.4. The number of benzene rings is 2. The molecule has 1 amide bonds. The van der Waals surface area contributed by atoms with Gasteiger partial charge >= 0.3 is 0 Å². The second kappa shape index (κ2) is 10.8. The smallest absolute Gasteiger partial charge is 0.262 e. The molecule has 0 bridgehead atoms. The van der Waals surface area contributed by atoms with Gasteiger partial charge in [-0.3, -0.25) is 14.2 Å². The minimum absolute atomic E-state index is 0.0453. The summed E-state index contributed by atoms with van der Waals surface area (Å²) in [6.07, 6.45) is 2.71. The summed E-state index contributed by atoms with van der Waals surface area (Å²) in [6.45, 7) is 4.46. The third-order valence-corrected chi connectivity index (χ3v) is 6.75. The van der Waals surface area contributed by atoms with Gasteiger partial charge in [-0.1, -0.05) is 61.2 Å². The number of rotatable bonds is 8. The summed E-state index contributed by atoms with van der Waals surface area (Å²) < 4.78 is 7.41. The molecule has 0 N–H and O–H groups in total. The Morgan fingerprint density at radius 3 is 2.75 bits per heavy atom. The van der Waals surface area contributed by atoms with E-state index < -0.39 is 0 Å². The minimum atomic E-state index is -0.0453. The number of carbonyl (C=O) groups excluding carboxylic acids is 1. The lowest BCUT2D eigenvalue weighted by Crippen LogP contribution is -2.46. The molecule has 168 valence electrons. The van der Waals surface area contributed by atoms with Crippen LogP contribution in [0.3, 0.4) is 0 Å². The van der Waals surface area contributed by atoms with Gasteiger partial charge in [0, 0.05) is 19.6 Å². The number of hydrogen-bond donors (Lipinski definition) is 0. The van der Waals surface area contributed by atoms with Crippen LogP contribution in [0.25, 0.3) is 10.9 Å². The van der Waals surface area contributed by atoms with E-state index >= 15 is 0 Å². The molecule has 7 heteroatoms. The monoisotopic (exact) mass is 451 g/mol. The Morgan fingerprint density at radius 1 is 1.16 bits per heavy atom. The van der Waals surface area contributed by atoms with Gasteiger partial charge < -0.3 is 9.64 Å². The number of hydrogen-bond acceptors (Lipinski definition) is 5. The van der Waals surface area contributed by atoms with E-state index in [2.05, 4.69) is 19.1 Å². The zero-order valence-corrected chi connectivity index (χ0v) is 19.2. The first-order valence-electron chi connectivity index (χ1n) is 11.2.